The van der Waals surface area contributed by atoms with Gasteiger partial charge in [-0.05, 0) is 23.8 Å². The number of amides is 1. The number of hydrogen-bond donors (Lipinski definition) is 1. The molecule has 31 heavy (non-hydrogen) atoms. The second kappa shape index (κ2) is 9.37. The molecule has 1 aromatic carbocycles. The Balaban J connectivity index is 1.72. The first-order valence-corrected chi connectivity index (χ1v) is 11.1. The molecule has 3 atom stereocenters. The van der Waals surface area contributed by atoms with Crippen LogP contribution in [0.1, 0.15) is 23.7 Å². The van der Waals surface area contributed by atoms with Crippen LogP contribution in [0.5, 0.6) is 0 Å². The van der Waals surface area contributed by atoms with Crippen molar-refractivity contribution in [3.8, 4) is 0 Å². The number of aliphatic hydroxyl groups excluding tert-OH is 1. The van der Waals surface area contributed by atoms with Gasteiger partial charge in [-0.25, -0.2) is 4.79 Å². The lowest BCUT2D eigenvalue weighted by atomic mass is 10.0. The standard InChI is InChI=1S/C19H21N3O8S/c1-31(27,28)30-16-9-17(18(23)14-3-2-8-20-10-14)21(11-16)19(24)29-12-13-4-6-15(7-5-13)22(25)26/h2-8,10,16-18,23H,9,11-12H2,1H3/t16-,17+,18?/m1/s1. The van der Waals surface area contributed by atoms with Crippen LogP contribution >= 0.6 is 0 Å². The maximum Gasteiger partial charge on any atom is 0.410 e. The lowest BCUT2D eigenvalue weighted by Crippen LogP contribution is -2.39. The van der Waals surface area contributed by atoms with Gasteiger partial charge < -0.3 is 9.84 Å². The van der Waals surface area contributed by atoms with Gasteiger partial charge in [-0.1, -0.05) is 6.07 Å². The summed E-state index contributed by atoms with van der Waals surface area (Å²) in [5, 5.41) is 21.5. The Labute approximate surface area is 178 Å². The summed E-state index contributed by atoms with van der Waals surface area (Å²) in [5.41, 5.74) is 0.905. The van der Waals surface area contributed by atoms with Crippen LogP contribution in [-0.4, -0.2) is 59.4 Å². The Hall–Kier alpha value is -3.09. The van der Waals surface area contributed by atoms with E-state index < -0.39 is 39.4 Å². The van der Waals surface area contributed by atoms with E-state index in [-0.39, 0.29) is 25.3 Å². The number of pyridine rings is 1. The zero-order valence-corrected chi connectivity index (χ0v) is 17.3. The van der Waals surface area contributed by atoms with E-state index in [1.165, 1.54) is 41.6 Å². The van der Waals surface area contributed by atoms with E-state index in [1.54, 1.807) is 12.1 Å². The van der Waals surface area contributed by atoms with Gasteiger partial charge in [0.05, 0.1) is 29.9 Å². The van der Waals surface area contributed by atoms with Crippen LogP contribution in [0.25, 0.3) is 0 Å². The second-order valence-electron chi connectivity index (χ2n) is 7.09. The lowest BCUT2D eigenvalue weighted by Gasteiger charge is -2.27. The fourth-order valence-electron chi connectivity index (χ4n) is 3.37. The number of nitro groups is 1. The highest BCUT2D eigenvalue weighted by molar-refractivity contribution is 7.86. The van der Waals surface area contributed by atoms with Crippen molar-refractivity contribution in [2.75, 3.05) is 12.8 Å². The Morgan fingerprint density at radius 1 is 1.35 bits per heavy atom. The van der Waals surface area contributed by atoms with Gasteiger partial charge in [0.25, 0.3) is 15.8 Å². The third-order valence-corrected chi connectivity index (χ3v) is 5.37. The van der Waals surface area contributed by atoms with Gasteiger partial charge in [0, 0.05) is 36.5 Å². The zero-order chi connectivity index (χ0) is 22.6. The van der Waals surface area contributed by atoms with Crippen LogP contribution in [-0.2, 0) is 25.6 Å². The van der Waals surface area contributed by atoms with E-state index >= 15 is 0 Å². The molecular formula is C19H21N3O8S. The van der Waals surface area contributed by atoms with E-state index in [0.29, 0.717) is 11.1 Å². The van der Waals surface area contributed by atoms with Crippen LogP contribution in [0.2, 0.25) is 0 Å². The number of rotatable bonds is 7. The molecule has 1 fully saturated rings. The Kier molecular flexibility index (Phi) is 6.83. The van der Waals surface area contributed by atoms with Crippen LogP contribution in [0.15, 0.2) is 48.8 Å². The number of hydrogen-bond acceptors (Lipinski definition) is 9. The Morgan fingerprint density at radius 2 is 2.06 bits per heavy atom. The molecule has 1 aliphatic rings. The molecule has 1 aromatic heterocycles. The number of nitro benzene ring substituents is 1. The minimum atomic E-state index is -3.76. The average Bonchev–Trinajstić information content (AvgIpc) is 3.14. The number of aliphatic hydroxyl groups is 1. The molecule has 3 rings (SSSR count). The molecule has 11 nitrogen and oxygen atoms in total. The summed E-state index contributed by atoms with van der Waals surface area (Å²) in [7, 11) is -3.76. The van der Waals surface area contributed by atoms with Crippen LogP contribution in [0.3, 0.4) is 0 Å². The number of ether oxygens (including phenoxy) is 1. The van der Waals surface area contributed by atoms with Crippen molar-refractivity contribution in [3.05, 3.63) is 70.0 Å². The molecule has 12 heteroatoms. The number of carbonyl (C=O) groups excluding carboxylic acids is 1. The summed E-state index contributed by atoms with van der Waals surface area (Å²) in [6.45, 7) is -0.241. The third kappa shape index (κ3) is 5.96. The van der Waals surface area contributed by atoms with Crippen molar-refractivity contribution in [1.29, 1.82) is 0 Å². The van der Waals surface area contributed by atoms with Crippen molar-refractivity contribution < 1.29 is 32.2 Å². The number of carbonyl (C=O) groups is 1. The first kappa shape index (κ1) is 22.6. The monoisotopic (exact) mass is 451 g/mol. The number of likely N-dealkylation sites (tertiary alicyclic amines) is 1. The third-order valence-electron chi connectivity index (χ3n) is 4.75. The fourth-order valence-corrected chi connectivity index (χ4v) is 4.00. The van der Waals surface area contributed by atoms with Gasteiger partial charge in [0.2, 0.25) is 0 Å². The first-order chi connectivity index (χ1) is 14.6. The maximum atomic E-state index is 12.7. The van der Waals surface area contributed by atoms with Gasteiger partial charge in [0.1, 0.15) is 12.7 Å². The normalized spacial score (nSPS) is 19.7. The first-order valence-electron chi connectivity index (χ1n) is 9.27. The largest absolute Gasteiger partial charge is 0.445 e. The summed E-state index contributed by atoms with van der Waals surface area (Å²) >= 11 is 0. The number of benzene rings is 1. The summed E-state index contributed by atoms with van der Waals surface area (Å²) in [6, 6.07) is 8.01. The molecule has 1 unspecified atom stereocenters. The molecule has 1 saturated heterocycles. The van der Waals surface area contributed by atoms with Crippen molar-refractivity contribution in [1.82, 2.24) is 9.88 Å². The van der Waals surface area contributed by atoms with E-state index in [1.807, 2.05) is 0 Å². The molecule has 1 amide bonds. The molecule has 1 N–H and O–H groups in total. The molecule has 1 aliphatic heterocycles. The average molecular weight is 451 g/mol. The molecule has 2 aromatic rings. The highest BCUT2D eigenvalue weighted by Gasteiger charge is 2.42. The molecular weight excluding hydrogens is 430 g/mol. The highest BCUT2D eigenvalue weighted by atomic mass is 32.2. The molecule has 0 aliphatic carbocycles. The predicted octanol–water partition coefficient (Wildman–Crippen LogP) is 1.78. The van der Waals surface area contributed by atoms with Gasteiger partial charge in [-0.15, -0.1) is 0 Å². The zero-order valence-electron chi connectivity index (χ0n) is 16.5. The van der Waals surface area contributed by atoms with Crippen LogP contribution in [0, 0.1) is 10.1 Å². The van der Waals surface area contributed by atoms with Gasteiger partial charge in [-0.3, -0.25) is 24.2 Å². The van der Waals surface area contributed by atoms with Crippen LogP contribution < -0.4 is 0 Å². The van der Waals surface area contributed by atoms with Gasteiger partial charge in [0.15, 0.2) is 0 Å². The van der Waals surface area contributed by atoms with Crippen molar-refractivity contribution in [3.63, 3.8) is 0 Å². The smallest absolute Gasteiger partial charge is 0.410 e. The minimum Gasteiger partial charge on any atom is -0.445 e. The molecule has 166 valence electrons. The minimum absolute atomic E-state index is 0.0791. The molecule has 2 heterocycles. The highest BCUT2D eigenvalue weighted by Crippen LogP contribution is 2.32. The van der Waals surface area contributed by atoms with E-state index in [2.05, 4.69) is 4.98 Å². The number of non-ortho nitro benzene ring substituents is 1. The summed E-state index contributed by atoms with van der Waals surface area (Å²) in [4.78, 5) is 28.1. The summed E-state index contributed by atoms with van der Waals surface area (Å²) in [5.74, 6) is 0. The summed E-state index contributed by atoms with van der Waals surface area (Å²) < 4.78 is 33.4. The SMILES string of the molecule is CS(=O)(=O)O[C@@H]1C[C@@H](C(O)c2cccnc2)N(C(=O)OCc2ccc([N+](=O)[O-])cc2)C1. The van der Waals surface area contributed by atoms with Crippen molar-refractivity contribution in [2.45, 2.75) is 31.3 Å². The van der Waals surface area contributed by atoms with E-state index in [0.717, 1.165) is 6.26 Å². The van der Waals surface area contributed by atoms with Gasteiger partial charge in [-0.2, -0.15) is 8.42 Å². The van der Waals surface area contributed by atoms with Crippen molar-refractivity contribution in [2.24, 2.45) is 0 Å². The van der Waals surface area contributed by atoms with Crippen LogP contribution in [0.4, 0.5) is 10.5 Å². The number of aromatic nitrogens is 1. The number of nitrogens with zero attached hydrogens (tertiary/aromatic N) is 3. The quantitative estimate of drug-likeness (QED) is 0.377. The van der Waals surface area contributed by atoms with Gasteiger partial charge >= 0.3 is 6.09 Å². The summed E-state index contributed by atoms with van der Waals surface area (Å²) in [6.07, 6.45) is 1.25. The molecule has 0 spiro atoms. The fraction of sp³-hybridized carbons (Fsp3) is 0.368. The second-order valence-corrected chi connectivity index (χ2v) is 8.69. The van der Waals surface area contributed by atoms with E-state index in [9.17, 15) is 28.4 Å². The molecule has 0 saturated carbocycles. The van der Waals surface area contributed by atoms with Crippen molar-refractivity contribution >= 4 is 21.9 Å². The van der Waals surface area contributed by atoms with E-state index in [4.69, 9.17) is 8.92 Å². The lowest BCUT2D eigenvalue weighted by molar-refractivity contribution is -0.384. The Morgan fingerprint density at radius 3 is 2.65 bits per heavy atom. The topological polar surface area (TPSA) is 149 Å². The molecule has 0 bridgehead atoms. The maximum absolute atomic E-state index is 12.7. The Bertz CT molecular complexity index is 1030. The predicted molar refractivity (Wildman–Crippen MR) is 107 cm³/mol. The molecule has 0 radical (unpaired) electrons.